The van der Waals surface area contributed by atoms with Gasteiger partial charge in [0.1, 0.15) is 0 Å². The Bertz CT molecular complexity index is 427. The number of hydrogen-bond acceptors (Lipinski definition) is 5. The first kappa shape index (κ1) is 14.4. The normalized spacial score (nSPS) is 18.2. The van der Waals surface area contributed by atoms with Crippen LogP contribution in [0.4, 0.5) is 0 Å². The van der Waals surface area contributed by atoms with Gasteiger partial charge in [0.2, 0.25) is 5.91 Å². The molecule has 19 heavy (non-hydrogen) atoms. The van der Waals surface area contributed by atoms with Crippen LogP contribution in [0.2, 0.25) is 0 Å². The van der Waals surface area contributed by atoms with E-state index in [0.29, 0.717) is 32.6 Å². The van der Waals surface area contributed by atoms with Crippen molar-refractivity contribution in [3.63, 3.8) is 0 Å². The molecule has 0 spiro atoms. The molecule has 2 heterocycles. The highest BCUT2D eigenvalue weighted by Gasteiger charge is 2.35. The zero-order valence-electron chi connectivity index (χ0n) is 11.3. The Balaban J connectivity index is 1.77. The molecule has 0 aliphatic carbocycles. The molecule has 0 saturated carbocycles. The lowest BCUT2D eigenvalue weighted by atomic mass is 9.90. The maximum Gasteiger partial charge on any atom is 0.240 e. The third-order valence-electron chi connectivity index (χ3n) is 3.41. The summed E-state index contributed by atoms with van der Waals surface area (Å²) in [6, 6.07) is 0. The maximum absolute atomic E-state index is 12.1. The molecule has 1 aliphatic rings. The van der Waals surface area contributed by atoms with Gasteiger partial charge in [-0.15, -0.1) is 11.3 Å². The van der Waals surface area contributed by atoms with Crippen molar-refractivity contribution in [2.75, 3.05) is 19.8 Å². The average molecular weight is 283 g/mol. The number of rotatable bonds is 5. The van der Waals surface area contributed by atoms with Gasteiger partial charge in [0, 0.05) is 37.3 Å². The number of carbonyl (C=O) groups is 1. The summed E-state index contributed by atoms with van der Waals surface area (Å²) < 4.78 is 5.24. The second-order valence-electron chi connectivity index (χ2n) is 4.85. The largest absolute Gasteiger partial charge is 0.381 e. The van der Waals surface area contributed by atoms with Crippen LogP contribution in [0.25, 0.3) is 0 Å². The van der Waals surface area contributed by atoms with Crippen LogP contribution >= 0.6 is 11.3 Å². The molecule has 1 amide bonds. The van der Waals surface area contributed by atoms with E-state index in [1.807, 2.05) is 6.20 Å². The Kier molecular flexibility index (Phi) is 4.90. The molecule has 1 aromatic heterocycles. The highest BCUT2D eigenvalue weighted by atomic mass is 32.1. The van der Waals surface area contributed by atoms with Gasteiger partial charge in [0.05, 0.1) is 10.5 Å². The number of amides is 1. The first-order chi connectivity index (χ1) is 9.14. The van der Waals surface area contributed by atoms with Gasteiger partial charge in [-0.3, -0.25) is 4.79 Å². The van der Waals surface area contributed by atoms with E-state index in [9.17, 15) is 4.79 Å². The van der Waals surface area contributed by atoms with Gasteiger partial charge in [-0.2, -0.15) is 0 Å². The first-order valence-electron chi connectivity index (χ1n) is 6.72. The highest BCUT2D eigenvalue weighted by molar-refractivity contribution is 7.11. The van der Waals surface area contributed by atoms with Gasteiger partial charge in [0.25, 0.3) is 0 Å². The number of thiazole rings is 1. The molecule has 1 fully saturated rings. The molecule has 1 aliphatic heterocycles. The van der Waals surface area contributed by atoms with Crippen LogP contribution in [-0.2, 0) is 22.4 Å². The van der Waals surface area contributed by atoms with Crippen LogP contribution in [0.1, 0.15) is 29.7 Å². The van der Waals surface area contributed by atoms with Crippen LogP contribution in [0.15, 0.2) is 6.20 Å². The second kappa shape index (κ2) is 6.45. The number of hydrogen-bond donors (Lipinski definition) is 2. The van der Waals surface area contributed by atoms with Crippen molar-refractivity contribution in [3.8, 4) is 0 Å². The third-order valence-corrected chi connectivity index (χ3v) is 4.61. The van der Waals surface area contributed by atoms with Crippen molar-refractivity contribution in [1.29, 1.82) is 0 Å². The minimum atomic E-state index is -0.754. The Morgan fingerprint density at radius 2 is 2.32 bits per heavy atom. The predicted molar refractivity (Wildman–Crippen MR) is 75.2 cm³/mol. The molecule has 1 aromatic rings. The van der Waals surface area contributed by atoms with Crippen LogP contribution in [0, 0.1) is 0 Å². The standard InChI is InChI=1S/C13H21N3O2S/c1-2-10-9-16-11(19-10)3-6-15-12(17)13(14)4-7-18-8-5-13/h9H,2-8,14H2,1H3,(H,15,17). The monoisotopic (exact) mass is 283 g/mol. The smallest absolute Gasteiger partial charge is 0.240 e. The Morgan fingerprint density at radius 3 is 2.95 bits per heavy atom. The molecule has 1 saturated heterocycles. The molecule has 6 heteroatoms. The molecule has 0 unspecified atom stereocenters. The van der Waals surface area contributed by atoms with Gasteiger partial charge in [0.15, 0.2) is 0 Å². The lowest BCUT2D eigenvalue weighted by Crippen LogP contribution is -2.57. The van der Waals surface area contributed by atoms with E-state index in [1.165, 1.54) is 4.88 Å². The van der Waals surface area contributed by atoms with E-state index in [0.717, 1.165) is 17.8 Å². The van der Waals surface area contributed by atoms with E-state index in [4.69, 9.17) is 10.5 Å². The Labute approximate surface area is 117 Å². The van der Waals surface area contributed by atoms with Gasteiger partial charge in [-0.05, 0) is 19.3 Å². The molecule has 5 nitrogen and oxygen atoms in total. The molecular formula is C13H21N3O2S. The van der Waals surface area contributed by atoms with Gasteiger partial charge >= 0.3 is 0 Å². The predicted octanol–water partition coefficient (Wildman–Crippen LogP) is 0.872. The van der Waals surface area contributed by atoms with Crippen LogP contribution < -0.4 is 11.1 Å². The summed E-state index contributed by atoms with van der Waals surface area (Å²) in [4.78, 5) is 17.7. The van der Waals surface area contributed by atoms with E-state index in [1.54, 1.807) is 11.3 Å². The van der Waals surface area contributed by atoms with Crippen molar-refractivity contribution >= 4 is 17.2 Å². The summed E-state index contributed by atoms with van der Waals surface area (Å²) >= 11 is 1.71. The van der Waals surface area contributed by atoms with Crippen molar-refractivity contribution in [2.24, 2.45) is 5.73 Å². The second-order valence-corrected chi connectivity index (χ2v) is 6.05. The van der Waals surface area contributed by atoms with Gasteiger partial charge in [-0.1, -0.05) is 6.92 Å². The average Bonchev–Trinajstić information content (AvgIpc) is 2.87. The maximum atomic E-state index is 12.1. The van der Waals surface area contributed by atoms with E-state index >= 15 is 0 Å². The number of carbonyl (C=O) groups excluding carboxylic acids is 1. The molecule has 2 rings (SSSR count). The van der Waals surface area contributed by atoms with E-state index in [-0.39, 0.29) is 5.91 Å². The summed E-state index contributed by atoms with van der Waals surface area (Å²) in [5.74, 6) is -0.0666. The first-order valence-corrected chi connectivity index (χ1v) is 7.54. The molecular weight excluding hydrogens is 262 g/mol. The Hall–Kier alpha value is -0.980. The van der Waals surface area contributed by atoms with Crippen molar-refractivity contribution in [3.05, 3.63) is 16.1 Å². The quantitative estimate of drug-likeness (QED) is 0.840. The minimum Gasteiger partial charge on any atom is -0.381 e. The molecule has 0 atom stereocenters. The van der Waals surface area contributed by atoms with Crippen LogP contribution in [0.5, 0.6) is 0 Å². The fourth-order valence-electron chi connectivity index (χ4n) is 2.05. The lowest BCUT2D eigenvalue weighted by molar-refractivity contribution is -0.129. The number of aromatic nitrogens is 1. The molecule has 0 aromatic carbocycles. The van der Waals surface area contributed by atoms with Crippen molar-refractivity contribution < 1.29 is 9.53 Å². The highest BCUT2D eigenvalue weighted by Crippen LogP contribution is 2.18. The SMILES string of the molecule is CCc1cnc(CCNC(=O)C2(N)CCOCC2)s1. The molecule has 0 radical (unpaired) electrons. The van der Waals surface area contributed by atoms with Crippen LogP contribution in [-0.4, -0.2) is 36.2 Å². The molecule has 3 N–H and O–H groups in total. The fourth-order valence-corrected chi connectivity index (χ4v) is 2.91. The van der Waals surface area contributed by atoms with Gasteiger partial charge < -0.3 is 15.8 Å². The number of nitrogens with one attached hydrogen (secondary N) is 1. The third kappa shape index (κ3) is 3.75. The fraction of sp³-hybridized carbons (Fsp3) is 0.692. The van der Waals surface area contributed by atoms with E-state index < -0.39 is 5.54 Å². The van der Waals surface area contributed by atoms with E-state index in [2.05, 4.69) is 17.2 Å². The number of ether oxygens (including phenoxy) is 1. The molecule has 0 bridgehead atoms. The Morgan fingerprint density at radius 1 is 1.58 bits per heavy atom. The van der Waals surface area contributed by atoms with Crippen molar-refractivity contribution in [1.82, 2.24) is 10.3 Å². The van der Waals surface area contributed by atoms with Gasteiger partial charge in [-0.25, -0.2) is 4.98 Å². The minimum absolute atomic E-state index is 0.0666. The number of nitrogens with two attached hydrogens (primary N) is 1. The summed E-state index contributed by atoms with van der Waals surface area (Å²) in [5.41, 5.74) is 5.35. The van der Waals surface area contributed by atoms with Crippen LogP contribution in [0.3, 0.4) is 0 Å². The summed E-state index contributed by atoms with van der Waals surface area (Å²) in [7, 11) is 0. The molecule has 106 valence electrons. The summed E-state index contributed by atoms with van der Waals surface area (Å²) in [5, 5.41) is 3.98. The summed E-state index contributed by atoms with van der Waals surface area (Å²) in [6.07, 6.45) is 4.87. The lowest BCUT2D eigenvalue weighted by Gasteiger charge is -2.31. The number of nitrogens with zero attached hydrogens (tertiary/aromatic N) is 1. The zero-order chi connectivity index (χ0) is 13.7. The zero-order valence-corrected chi connectivity index (χ0v) is 12.1. The van der Waals surface area contributed by atoms with Crippen molar-refractivity contribution in [2.45, 2.75) is 38.1 Å². The topological polar surface area (TPSA) is 77.2 Å². The summed E-state index contributed by atoms with van der Waals surface area (Å²) in [6.45, 7) is 3.84. The number of aryl methyl sites for hydroxylation is 1.